The lowest BCUT2D eigenvalue weighted by molar-refractivity contribution is -0.139. The average molecular weight is 330 g/mol. The average Bonchev–Trinajstić information content (AvgIpc) is 3.06. The van der Waals surface area contributed by atoms with Gasteiger partial charge in [-0.15, -0.1) is 0 Å². The molecule has 2 aromatic rings. The smallest absolute Gasteiger partial charge is 0.307 e. The van der Waals surface area contributed by atoms with Crippen LogP contribution in [-0.4, -0.2) is 40.0 Å². The third-order valence-electron chi connectivity index (χ3n) is 5.67. The SMILES string of the molecule is Cc1cc(F)cc2[nH]c(C(=O)N3CCC4(CC3)CC4C(=O)O)cc12. The van der Waals surface area contributed by atoms with Crippen molar-refractivity contribution in [2.45, 2.75) is 26.2 Å². The first-order chi connectivity index (χ1) is 11.4. The monoisotopic (exact) mass is 330 g/mol. The predicted molar refractivity (Wildman–Crippen MR) is 86.3 cm³/mol. The van der Waals surface area contributed by atoms with Crippen LogP contribution >= 0.6 is 0 Å². The fourth-order valence-corrected chi connectivity index (χ4v) is 4.06. The van der Waals surface area contributed by atoms with Gasteiger partial charge < -0.3 is 15.0 Å². The number of aromatic amines is 1. The fourth-order valence-electron chi connectivity index (χ4n) is 4.06. The van der Waals surface area contributed by atoms with E-state index in [0.29, 0.717) is 24.3 Å². The molecule has 2 heterocycles. The van der Waals surface area contributed by atoms with Crippen molar-refractivity contribution in [2.24, 2.45) is 11.3 Å². The molecule has 1 unspecified atom stereocenters. The number of nitrogens with one attached hydrogen (secondary N) is 1. The minimum atomic E-state index is -0.720. The zero-order chi connectivity index (χ0) is 17.1. The number of aromatic nitrogens is 1. The number of halogens is 1. The molecule has 2 aliphatic rings. The number of carboxylic acids is 1. The highest BCUT2D eigenvalue weighted by molar-refractivity contribution is 5.99. The molecule has 1 saturated carbocycles. The van der Waals surface area contributed by atoms with Crippen molar-refractivity contribution in [3.05, 3.63) is 35.3 Å². The Morgan fingerprint density at radius 2 is 2.00 bits per heavy atom. The van der Waals surface area contributed by atoms with Gasteiger partial charge in [-0.3, -0.25) is 9.59 Å². The Labute approximate surface area is 138 Å². The fraction of sp³-hybridized carbons (Fsp3) is 0.444. The molecule has 4 rings (SSSR count). The lowest BCUT2D eigenvalue weighted by Gasteiger charge is -2.32. The van der Waals surface area contributed by atoms with Crippen LogP contribution in [0.15, 0.2) is 18.2 Å². The molecule has 1 aliphatic heterocycles. The number of rotatable bonds is 2. The Bertz CT molecular complexity index is 849. The van der Waals surface area contributed by atoms with Crippen molar-refractivity contribution < 1.29 is 19.1 Å². The second-order valence-corrected chi connectivity index (χ2v) is 7.12. The number of H-pyrrole nitrogens is 1. The van der Waals surface area contributed by atoms with E-state index in [1.807, 2.05) is 6.92 Å². The molecule has 1 aromatic carbocycles. The summed E-state index contributed by atoms with van der Waals surface area (Å²) in [5.74, 6) is -1.39. The van der Waals surface area contributed by atoms with Gasteiger partial charge in [-0.1, -0.05) is 0 Å². The van der Waals surface area contributed by atoms with Gasteiger partial charge >= 0.3 is 5.97 Å². The number of aryl methyl sites for hydroxylation is 1. The molecule has 126 valence electrons. The van der Waals surface area contributed by atoms with E-state index < -0.39 is 5.97 Å². The number of nitrogens with zero attached hydrogens (tertiary/aromatic N) is 1. The number of benzene rings is 1. The van der Waals surface area contributed by atoms with Crippen LogP contribution in [0.3, 0.4) is 0 Å². The molecule has 5 nitrogen and oxygen atoms in total. The van der Waals surface area contributed by atoms with Crippen LogP contribution in [0.1, 0.15) is 35.3 Å². The van der Waals surface area contributed by atoms with E-state index in [-0.39, 0.29) is 23.1 Å². The molecule has 2 N–H and O–H groups in total. The van der Waals surface area contributed by atoms with E-state index in [1.165, 1.54) is 12.1 Å². The van der Waals surface area contributed by atoms with Gasteiger partial charge in [-0.05, 0) is 55.4 Å². The lowest BCUT2D eigenvalue weighted by atomic mass is 9.90. The first-order valence-electron chi connectivity index (χ1n) is 8.21. The Balaban J connectivity index is 1.51. The minimum Gasteiger partial charge on any atom is -0.481 e. The molecule has 1 amide bonds. The van der Waals surface area contributed by atoms with Gasteiger partial charge in [0.2, 0.25) is 0 Å². The van der Waals surface area contributed by atoms with Crippen molar-refractivity contribution >= 4 is 22.8 Å². The molecule has 2 fully saturated rings. The van der Waals surface area contributed by atoms with Gasteiger partial charge in [0.15, 0.2) is 0 Å². The Morgan fingerprint density at radius 3 is 2.62 bits per heavy atom. The number of carbonyl (C=O) groups is 2. The maximum absolute atomic E-state index is 13.5. The van der Waals surface area contributed by atoms with Crippen LogP contribution in [0.2, 0.25) is 0 Å². The van der Waals surface area contributed by atoms with E-state index in [1.54, 1.807) is 11.0 Å². The van der Waals surface area contributed by atoms with E-state index in [0.717, 1.165) is 30.2 Å². The summed E-state index contributed by atoms with van der Waals surface area (Å²) in [6, 6.07) is 4.62. The number of aliphatic carboxylic acids is 1. The summed E-state index contributed by atoms with van der Waals surface area (Å²) in [5, 5.41) is 9.99. The third kappa shape index (κ3) is 2.28. The quantitative estimate of drug-likeness (QED) is 0.889. The Kier molecular flexibility index (Phi) is 3.20. The van der Waals surface area contributed by atoms with Crippen LogP contribution < -0.4 is 0 Å². The summed E-state index contributed by atoms with van der Waals surface area (Å²) in [5.41, 5.74) is 1.78. The van der Waals surface area contributed by atoms with Crippen LogP contribution in [0.4, 0.5) is 4.39 Å². The molecular formula is C18H19FN2O3. The van der Waals surface area contributed by atoms with Crippen LogP contribution in [-0.2, 0) is 4.79 Å². The van der Waals surface area contributed by atoms with Gasteiger partial charge in [-0.25, -0.2) is 4.39 Å². The van der Waals surface area contributed by atoms with Gasteiger partial charge in [0.25, 0.3) is 5.91 Å². The van der Waals surface area contributed by atoms with Crippen molar-refractivity contribution in [1.82, 2.24) is 9.88 Å². The maximum atomic E-state index is 13.5. The van der Waals surface area contributed by atoms with Crippen LogP contribution in [0.5, 0.6) is 0 Å². The van der Waals surface area contributed by atoms with Gasteiger partial charge in [-0.2, -0.15) is 0 Å². The van der Waals surface area contributed by atoms with Crippen LogP contribution in [0, 0.1) is 24.1 Å². The number of carbonyl (C=O) groups excluding carboxylic acids is 1. The van der Waals surface area contributed by atoms with E-state index >= 15 is 0 Å². The van der Waals surface area contributed by atoms with E-state index in [4.69, 9.17) is 5.11 Å². The number of amides is 1. The zero-order valence-electron chi connectivity index (χ0n) is 13.4. The molecule has 1 atom stereocenters. The second-order valence-electron chi connectivity index (χ2n) is 7.12. The molecule has 24 heavy (non-hydrogen) atoms. The van der Waals surface area contributed by atoms with Gasteiger partial charge in [0, 0.05) is 24.0 Å². The second kappa shape index (κ2) is 5.06. The first kappa shape index (κ1) is 15.2. The minimum absolute atomic E-state index is 0.0945. The Morgan fingerprint density at radius 1 is 1.29 bits per heavy atom. The van der Waals surface area contributed by atoms with Crippen molar-refractivity contribution in [3.63, 3.8) is 0 Å². The predicted octanol–water partition coefficient (Wildman–Crippen LogP) is 2.94. The normalized spacial score (nSPS) is 22.1. The molecule has 1 aliphatic carbocycles. The number of piperidine rings is 1. The van der Waals surface area contributed by atoms with Crippen molar-refractivity contribution in [3.8, 4) is 0 Å². The standard InChI is InChI=1S/C18H19FN2O3/c1-10-6-11(19)7-14-12(10)8-15(20-14)16(22)21-4-2-18(3-5-21)9-13(18)17(23)24/h6-8,13,20H,2-5,9H2,1H3,(H,23,24). The number of hydrogen-bond donors (Lipinski definition) is 2. The largest absolute Gasteiger partial charge is 0.481 e. The Hall–Kier alpha value is -2.37. The van der Waals surface area contributed by atoms with Gasteiger partial charge in [0.05, 0.1) is 5.92 Å². The molecule has 1 aromatic heterocycles. The highest BCUT2D eigenvalue weighted by atomic mass is 19.1. The molecular weight excluding hydrogens is 311 g/mol. The summed E-state index contributed by atoms with van der Waals surface area (Å²) in [6.07, 6.45) is 2.21. The summed E-state index contributed by atoms with van der Waals surface area (Å²) < 4.78 is 13.5. The summed E-state index contributed by atoms with van der Waals surface area (Å²) in [4.78, 5) is 28.6. The van der Waals surface area contributed by atoms with E-state index in [9.17, 15) is 14.0 Å². The third-order valence-corrected chi connectivity index (χ3v) is 5.67. The van der Waals surface area contributed by atoms with Gasteiger partial charge in [0.1, 0.15) is 11.5 Å². The van der Waals surface area contributed by atoms with E-state index in [2.05, 4.69) is 4.98 Å². The molecule has 0 radical (unpaired) electrons. The van der Waals surface area contributed by atoms with Crippen molar-refractivity contribution in [2.75, 3.05) is 13.1 Å². The molecule has 1 spiro atoms. The number of hydrogen-bond acceptors (Lipinski definition) is 2. The highest BCUT2D eigenvalue weighted by Gasteiger charge is 2.59. The molecule has 0 bridgehead atoms. The summed E-state index contributed by atoms with van der Waals surface area (Å²) in [6.45, 7) is 2.97. The first-order valence-corrected chi connectivity index (χ1v) is 8.21. The van der Waals surface area contributed by atoms with Crippen molar-refractivity contribution in [1.29, 1.82) is 0 Å². The summed E-state index contributed by atoms with van der Waals surface area (Å²) >= 11 is 0. The number of fused-ring (bicyclic) bond motifs is 1. The van der Waals surface area contributed by atoms with Crippen LogP contribution in [0.25, 0.3) is 10.9 Å². The molecule has 1 saturated heterocycles. The zero-order valence-corrected chi connectivity index (χ0v) is 13.4. The summed E-state index contributed by atoms with van der Waals surface area (Å²) in [7, 11) is 0. The highest BCUT2D eigenvalue weighted by Crippen LogP contribution is 2.59. The topological polar surface area (TPSA) is 73.4 Å². The number of likely N-dealkylation sites (tertiary alicyclic amines) is 1. The molecule has 6 heteroatoms. The maximum Gasteiger partial charge on any atom is 0.307 e. The lowest BCUT2D eigenvalue weighted by Crippen LogP contribution is -2.40. The number of carboxylic acid groups (broad SMARTS) is 1.